The molecule has 0 radical (unpaired) electrons. The molecule has 0 unspecified atom stereocenters. The Hall–Kier alpha value is -1.22. The number of aryl methyl sites for hydroxylation is 1. The van der Waals surface area contributed by atoms with Gasteiger partial charge in [0.25, 0.3) is 0 Å². The Balaban J connectivity index is 2.61. The summed E-state index contributed by atoms with van der Waals surface area (Å²) in [7, 11) is 0. The Kier molecular flexibility index (Phi) is 2.82. The average molecular weight is 253 g/mol. The molecule has 1 aromatic carbocycles. The van der Waals surface area contributed by atoms with Crippen LogP contribution >= 0.6 is 11.6 Å². The first-order valence-electron chi connectivity index (χ1n) is 5.64. The summed E-state index contributed by atoms with van der Waals surface area (Å²) in [5.74, 6) is -0.0364. The third kappa shape index (κ3) is 1.89. The number of benzene rings is 1. The molecule has 0 aromatic heterocycles. The number of halogens is 1. The smallest absolute Gasteiger partial charge is 0.241 e. The number of hydrogen-bond acceptors (Lipinski definition) is 2. The molecule has 17 heavy (non-hydrogen) atoms. The highest BCUT2D eigenvalue weighted by Gasteiger charge is 2.38. The van der Waals surface area contributed by atoms with E-state index in [9.17, 15) is 4.79 Å². The van der Waals surface area contributed by atoms with Crippen molar-refractivity contribution in [3.8, 4) is 0 Å². The van der Waals surface area contributed by atoms with E-state index in [1.165, 1.54) is 0 Å². The van der Waals surface area contributed by atoms with Crippen LogP contribution < -0.4 is 10.6 Å². The molecule has 1 aliphatic heterocycles. The molecule has 1 aromatic rings. The van der Waals surface area contributed by atoms with E-state index >= 15 is 0 Å². The number of nitrogens with zero attached hydrogens (tertiary/aromatic N) is 1. The van der Waals surface area contributed by atoms with Gasteiger partial charge in [-0.15, -0.1) is 11.6 Å². The van der Waals surface area contributed by atoms with Crippen LogP contribution in [-0.2, 0) is 10.2 Å². The van der Waals surface area contributed by atoms with Gasteiger partial charge in [-0.2, -0.15) is 0 Å². The van der Waals surface area contributed by atoms with Crippen molar-refractivity contribution in [3.63, 3.8) is 0 Å². The first-order chi connectivity index (χ1) is 7.86. The number of amides is 1. The van der Waals surface area contributed by atoms with E-state index in [4.69, 9.17) is 17.3 Å². The molecule has 4 heteroatoms. The minimum absolute atomic E-state index is 0.0132. The second-order valence-corrected chi connectivity index (χ2v) is 5.50. The third-order valence-corrected chi connectivity index (χ3v) is 3.52. The Labute approximate surface area is 107 Å². The lowest BCUT2D eigenvalue weighted by Gasteiger charge is -2.20. The van der Waals surface area contributed by atoms with Crippen molar-refractivity contribution in [2.24, 2.45) is 0 Å². The number of fused-ring (bicyclic) bond motifs is 1. The number of nitrogen functional groups attached to an aromatic ring is 1. The summed E-state index contributed by atoms with van der Waals surface area (Å²) in [6.07, 6.45) is 0. The summed E-state index contributed by atoms with van der Waals surface area (Å²) < 4.78 is 0. The lowest BCUT2D eigenvalue weighted by molar-refractivity contribution is -0.116. The van der Waals surface area contributed by atoms with Crippen LogP contribution in [0.2, 0.25) is 0 Å². The van der Waals surface area contributed by atoms with Gasteiger partial charge in [0, 0.05) is 17.6 Å². The molecule has 2 N–H and O–H groups in total. The SMILES string of the molecule is Cc1cc(N)cc2c1N(C(=O)CCl)CC2(C)C. The van der Waals surface area contributed by atoms with Crippen LogP contribution in [0.1, 0.15) is 25.0 Å². The van der Waals surface area contributed by atoms with Gasteiger partial charge in [-0.25, -0.2) is 0 Å². The molecule has 0 spiro atoms. The Bertz CT molecular complexity index is 483. The van der Waals surface area contributed by atoms with Crippen LogP contribution in [0.25, 0.3) is 0 Å². The van der Waals surface area contributed by atoms with Crippen molar-refractivity contribution in [2.45, 2.75) is 26.2 Å². The van der Waals surface area contributed by atoms with Gasteiger partial charge < -0.3 is 10.6 Å². The van der Waals surface area contributed by atoms with Crippen LogP contribution in [0.5, 0.6) is 0 Å². The Morgan fingerprint density at radius 1 is 1.53 bits per heavy atom. The van der Waals surface area contributed by atoms with Gasteiger partial charge in [0.1, 0.15) is 5.88 Å². The number of nitrogens with two attached hydrogens (primary N) is 1. The van der Waals surface area contributed by atoms with Crippen molar-refractivity contribution in [1.82, 2.24) is 0 Å². The molecule has 0 aliphatic carbocycles. The molecule has 0 fully saturated rings. The standard InChI is InChI=1S/C13H17ClN2O/c1-8-4-9(15)5-10-12(8)16(11(17)6-14)7-13(10,2)3/h4-5H,6-7,15H2,1-3H3. The van der Waals surface area contributed by atoms with Crippen LogP contribution in [0, 0.1) is 6.92 Å². The molecule has 3 nitrogen and oxygen atoms in total. The van der Waals surface area contributed by atoms with E-state index in [1.54, 1.807) is 4.90 Å². The molecule has 0 saturated carbocycles. The zero-order valence-corrected chi connectivity index (χ0v) is 11.1. The number of alkyl halides is 1. The van der Waals surface area contributed by atoms with E-state index < -0.39 is 0 Å². The van der Waals surface area contributed by atoms with Crippen molar-refractivity contribution in [3.05, 3.63) is 23.3 Å². The fourth-order valence-corrected chi connectivity index (χ4v) is 2.67. The summed E-state index contributed by atoms with van der Waals surface area (Å²) >= 11 is 5.66. The highest BCUT2D eigenvalue weighted by molar-refractivity contribution is 6.29. The van der Waals surface area contributed by atoms with Gasteiger partial charge in [-0.1, -0.05) is 13.8 Å². The molecule has 0 atom stereocenters. The number of carbonyl (C=O) groups is 1. The van der Waals surface area contributed by atoms with E-state index in [0.29, 0.717) is 6.54 Å². The molecule has 0 bridgehead atoms. The number of rotatable bonds is 1. The van der Waals surface area contributed by atoms with Crippen LogP contribution in [0.15, 0.2) is 12.1 Å². The predicted molar refractivity (Wildman–Crippen MR) is 71.7 cm³/mol. The Morgan fingerprint density at radius 2 is 2.18 bits per heavy atom. The summed E-state index contributed by atoms with van der Waals surface area (Å²) in [4.78, 5) is 13.6. The van der Waals surface area contributed by atoms with Gasteiger partial charge >= 0.3 is 0 Å². The van der Waals surface area contributed by atoms with Gasteiger partial charge in [0.15, 0.2) is 0 Å². The molecule has 1 heterocycles. The Morgan fingerprint density at radius 3 is 2.76 bits per heavy atom. The monoisotopic (exact) mass is 252 g/mol. The van der Waals surface area contributed by atoms with Crippen LogP contribution in [-0.4, -0.2) is 18.3 Å². The predicted octanol–water partition coefficient (Wildman–Crippen LogP) is 2.44. The largest absolute Gasteiger partial charge is 0.399 e. The topological polar surface area (TPSA) is 46.3 Å². The minimum atomic E-state index is -0.0722. The average Bonchev–Trinajstić information content (AvgIpc) is 2.50. The lowest BCUT2D eigenvalue weighted by Crippen LogP contribution is -2.34. The van der Waals surface area contributed by atoms with Gasteiger partial charge in [0.2, 0.25) is 5.91 Å². The molecule has 0 saturated heterocycles. The third-order valence-electron chi connectivity index (χ3n) is 3.29. The second-order valence-electron chi connectivity index (χ2n) is 5.23. The van der Waals surface area contributed by atoms with Crippen LogP contribution in [0.3, 0.4) is 0 Å². The summed E-state index contributed by atoms with van der Waals surface area (Å²) in [6.45, 7) is 6.88. The quantitative estimate of drug-likeness (QED) is 0.616. The summed E-state index contributed by atoms with van der Waals surface area (Å²) in [6, 6.07) is 3.86. The highest BCUT2D eigenvalue weighted by Crippen LogP contribution is 2.43. The van der Waals surface area contributed by atoms with E-state index in [2.05, 4.69) is 13.8 Å². The highest BCUT2D eigenvalue weighted by atomic mass is 35.5. The van der Waals surface area contributed by atoms with E-state index in [-0.39, 0.29) is 17.2 Å². The number of hydrogen-bond donors (Lipinski definition) is 1. The molecular formula is C13H17ClN2O. The number of anilines is 2. The second kappa shape index (κ2) is 3.91. The molecule has 2 rings (SSSR count). The van der Waals surface area contributed by atoms with Crippen molar-refractivity contribution < 1.29 is 4.79 Å². The van der Waals surface area contributed by atoms with Crippen molar-refractivity contribution in [2.75, 3.05) is 23.1 Å². The zero-order valence-electron chi connectivity index (χ0n) is 10.4. The summed E-state index contributed by atoms with van der Waals surface area (Å²) in [5.41, 5.74) is 9.70. The van der Waals surface area contributed by atoms with Gasteiger partial charge in [-0.05, 0) is 30.2 Å². The fourth-order valence-electron chi connectivity index (χ4n) is 2.53. The first-order valence-corrected chi connectivity index (χ1v) is 6.17. The molecule has 1 aliphatic rings. The molecule has 92 valence electrons. The van der Waals surface area contributed by atoms with E-state index in [0.717, 1.165) is 22.5 Å². The fraction of sp³-hybridized carbons (Fsp3) is 0.462. The first kappa shape index (κ1) is 12.2. The normalized spacial score (nSPS) is 17.1. The van der Waals surface area contributed by atoms with Crippen molar-refractivity contribution in [1.29, 1.82) is 0 Å². The van der Waals surface area contributed by atoms with E-state index in [1.807, 2.05) is 19.1 Å². The number of carbonyl (C=O) groups excluding carboxylic acids is 1. The molecule has 1 amide bonds. The van der Waals surface area contributed by atoms with Gasteiger partial charge in [-0.3, -0.25) is 4.79 Å². The maximum absolute atomic E-state index is 11.9. The zero-order chi connectivity index (χ0) is 12.8. The molecular weight excluding hydrogens is 236 g/mol. The summed E-state index contributed by atoms with van der Waals surface area (Å²) in [5, 5.41) is 0. The maximum Gasteiger partial charge on any atom is 0.241 e. The minimum Gasteiger partial charge on any atom is -0.399 e. The lowest BCUT2D eigenvalue weighted by atomic mass is 9.86. The van der Waals surface area contributed by atoms with Crippen molar-refractivity contribution >= 4 is 28.9 Å². The maximum atomic E-state index is 11.9. The van der Waals surface area contributed by atoms with Gasteiger partial charge in [0.05, 0.1) is 5.69 Å². The van der Waals surface area contributed by atoms with Crippen LogP contribution in [0.4, 0.5) is 11.4 Å².